The number of H-pyrrole nitrogens is 1. The van der Waals surface area contributed by atoms with E-state index in [1.54, 1.807) is 0 Å². The number of hydrogen-bond donors (Lipinski definition) is 2. The third-order valence-corrected chi connectivity index (χ3v) is 7.57. The zero-order valence-corrected chi connectivity index (χ0v) is 15.7. The molecule has 0 atom stereocenters. The second kappa shape index (κ2) is 6.15. The first kappa shape index (κ1) is 16.4. The summed E-state index contributed by atoms with van der Waals surface area (Å²) in [6, 6.07) is 8.09. The zero-order chi connectivity index (χ0) is 17.7. The van der Waals surface area contributed by atoms with Crippen molar-refractivity contribution < 1.29 is 9.84 Å². The summed E-state index contributed by atoms with van der Waals surface area (Å²) < 4.78 is 6.22. The largest absolute Gasteiger partial charge is 0.494 e. The average Bonchev–Trinajstić information content (AvgIpc) is 2.90. The van der Waals surface area contributed by atoms with Gasteiger partial charge in [0.2, 0.25) is 5.88 Å². The molecule has 0 radical (unpaired) electrons. The maximum atomic E-state index is 11.3. The van der Waals surface area contributed by atoms with Gasteiger partial charge in [-0.1, -0.05) is 23.5 Å². The highest BCUT2D eigenvalue weighted by molar-refractivity contribution is 7.09. The Bertz CT molecular complexity index is 816. The van der Waals surface area contributed by atoms with Crippen molar-refractivity contribution in [3.63, 3.8) is 0 Å². The van der Waals surface area contributed by atoms with Gasteiger partial charge in [0.05, 0.1) is 11.5 Å². The molecule has 4 bridgehead atoms. The summed E-state index contributed by atoms with van der Waals surface area (Å²) in [5, 5.41) is 9.71. The van der Waals surface area contributed by atoms with Crippen molar-refractivity contribution in [1.82, 2.24) is 4.98 Å². The number of aromatic amines is 1. The molecular weight excluding hydrogens is 346 g/mol. The fourth-order valence-electron chi connectivity index (χ4n) is 6.06. The van der Waals surface area contributed by atoms with Crippen LogP contribution in [-0.4, -0.2) is 16.7 Å². The Morgan fingerprint density at radius 1 is 1.08 bits per heavy atom. The molecule has 1 heterocycles. The third kappa shape index (κ3) is 3.07. The van der Waals surface area contributed by atoms with Crippen LogP contribution in [0.3, 0.4) is 0 Å². The fourth-order valence-corrected chi connectivity index (χ4v) is 6.82. The van der Waals surface area contributed by atoms with Crippen LogP contribution < -0.4 is 9.61 Å². The van der Waals surface area contributed by atoms with Crippen LogP contribution in [0, 0.1) is 23.2 Å². The van der Waals surface area contributed by atoms with Crippen molar-refractivity contribution in [2.24, 2.45) is 23.2 Å². The Hall–Kier alpha value is -1.75. The van der Waals surface area contributed by atoms with Crippen LogP contribution in [0.1, 0.15) is 49.0 Å². The number of ether oxygens (including phenoxy) is 1. The Balaban J connectivity index is 1.23. The fraction of sp³-hybridized carbons (Fsp3) is 0.571. The van der Waals surface area contributed by atoms with E-state index < -0.39 is 0 Å². The standard InChI is InChI=1S/C21H25NO3S/c23-19-18(26-20(24)22-19)8-13-1-3-17(4-2-13)25-12-21-9-14-5-15(10-21)7-16(6-14)11-21/h1-4,14-16,23H,5-12H2,(H,22,24). The summed E-state index contributed by atoms with van der Waals surface area (Å²) in [4.78, 5) is 14.2. The van der Waals surface area contributed by atoms with Gasteiger partial charge < -0.3 is 9.84 Å². The second-order valence-corrected chi connectivity index (χ2v) is 9.88. The number of rotatable bonds is 5. The number of hydrogen-bond acceptors (Lipinski definition) is 4. The Morgan fingerprint density at radius 3 is 2.23 bits per heavy atom. The van der Waals surface area contributed by atoms with E-state index in [4.69, 9.17) is 4.74 Å². The molecule has 26 heavy (non-hydrogen) atoms. The van der Waals surface area contributed by atoms with E-state index >= 15 is 0 Å². The number of benzene rings is 1. The van der Waals surface area contributed by atoms with Crippen molar-refractivity contribution in [3.05, 3.63) is 44.4 Å². The molecular formula is C21H25NO3S. The van der Waals surface area contributed by atoms with Gasteiger partial charge in [-0.3, -0.25) is 9.78 Å². The molecule has 5 heteroatoms. The molecule has 2 aromatic rings. The minimum Gasteiger partial charge on any atom is -0.494 e. The highest BCUT2D eigenvalue weighted by Crippen LogP contribution is 2.60. The molecule has 6 rings (SSSR count). The molecule has 0 aliphatic heterocycles. The minimum absolute atomic E-state index is 0.0119. The maximum absolute atomic E-state index is 11.3. The molecule has 1 aromatic carbocycles. The summed E-state index contributed by atoms with van der Waals surface area (Å²) in [6.07, 6.45) is 9.04. The average molecular weight is 372 g/mol. The summed E-state index contributed by atoms with van der Waals surface area (Å²) in [5.74, 6) is 3.77. The quantitative estimate of drug-likeness (QED) is 0.822. The van der Waals surface area contributed by atoms with Crippen LogP contribution in [-0.2, 0) is 6.42 Å². The van der Waals surface area contributed by atoms with E-state index in [0.29, 0.717) is 16.7 Å². The highest BCUT2D eigenvalue weighted by atomic mass is 32.1. The molecule has 0 unspecified atom stereocenters. The van der Waals surface area contributed by atoms with E-state index in [1.165, 1.54) is 38.5 Å². The van der Waals surface area contributed by atoms with E-state index in [0.717, 1.165) is 47.0 Å². The molecule has 2 N–H and O–H groups in total. The molecule has 0 spiro atoms. The van der Waals surface area contributed by atoms with Gasteiger partial charge in [0.15, 0.2) is 0 Å². The van der Waals surface area contributed by atoms with Crippen LogP contribution >= 0.6 is 11.3 Å². The van der Waals surface area contributed by atoms with Crippen LogP contribution in [0.25, 0.3) is 0 Å². The van der Waals surface area contributed by atoms with Crippen molar-refractivity contribution in [2.45, 2.75) is 44.9 Å². The van der Waals surface area contributed by atoms with Gasteiger partial charge in [0.25, 0.3) is 0 Å². The van der Waals surface area contributed by atoms with E-state index in [1.807, 2.05) is 24.3 Å². The molecule has 1 aromatic heterocycles. The van der Waals surface area contributed by atoms with Gasteiger partial charge in [0.1, 0.15) is 5.75 Å². The van der Waals surface area contributed by atoms with Crippen LogP contribution in [0.4, 0.5) is 0 Å². The molecule has 4 nitrogen and oxygen atoms in total. The van der Waals surface area contributed by atoms with Crippen LogP contribution in [0.5, 0.6) is 11.6 Å². The van der Waals surface area contributed by atoms with Gasteiger partial charge in [0, 0.05) is 11.8 Å². The lowest BCUT2D eigenvalue weighted by molar-refractivity contribution is -0.0745. The van der Waals surface area contributed by atoms with E-state index in [-0.39, 0.29) is 10.8 Å². The molecule has 4 saturated carbocycles. The van der Waals surface area contributed by atoms with Gasteiger partial charge in [-0.25, -0.2) is 0 Å². The molecule has 0 amide bonds. The molecule has 4 fully saturated rings. The zero-order valence-electron chi connectivity index (χ0n) is 14.9. The highest BCUT2D eigenvalue weighted by Gasteiger charge is 2.51. The predicted molar refractivity (Wildman–Crippen MR) is 102 cm³/mol. The number of thiazole rings is 1. The van der Waals surface area contributed by atoms with Gasteiger partial charge in [-0.15, -0.1) is 0 Å². The summed E-state index contributed by atoms with van der Waals surface area (Å²) >= 11 is 1.06. The topological polar surface area (TPSA) is 62.3 Å². The lowest BCUT2D eigenvalue weighted by atomic mass is 9.50. The third-order valence-electron chi connectivity index (χ3n) is 6.70. The first-order chi connectivity index (χ1) is 12.6. The summed E-state index contributed by atoms with van der Waals surface area (Å²) in [7, 11) is 0. The van der Waals surface area contributed by atoms with E-state index in [9.17, 15) is 9.90 Å². The smallest absolute Gasteiger partial charge is 0.307 e. The Labute approximate surface area is 157 Å². The second-order valence-electron chi connectivity index (χ2n) is 8.81. The number of aromatic nitrogens is 1. The number of nitrogens with one attached hydrogen (secondary N) is 1. The molecule has 4 aliphatic rings. The number of aromatic hydroxyl groups is 1. The molecule has 0 saturated heterocycles. The predicted octanol–water partition coefficient (Wildman–Crippen LogP) is 4.33. The first-order valence-corrected chi connectivity index (χ1v) is 10.5. The Morgan fingerprint density at radius 2 is 1.69 bits per heavy atom. The van der Waals surface area contributed by atoms with Gasteiger partial charge in [-0.2, -0.15) is 0 Å². The maximum Gasteiger partial charge on any atom is 0.307 e. The normalized spacial score (nSPS) is 32.1. The molecule has 138 valence electrons. The van der Waals surface area contributed by atoms with Crippen molar-refractivity contribution in [3.8, 4) is 11.6 Å². The lowest BCUT2D eigenvalue weighted by Crippen LogP contribution is -2.48. The van der Waals surface area contributed by atoms with E-state index in [2.05, 4.69) is 4.98 Å². The minimum atomic E-state index is -0.215. The summed E-state index contributed by atoms with van der Waals surface area (Å²) in [6.45, 7) is 0.857. The van der Waals surface area contributed by atoms with Crippen LogP contribution in [0.15, 0.2) is 29.1 Å². The van der Waals surface area contributed by atoms with Gasteiger partial charge >= 0.3 is 4.87 Å². The summed E-state index contributed by atoms with van der Waals surface area (Å²) in [5.41, 5.74) is 1.49. The van der Waals surface area contributed by atoms with Crippen molar-refractivity contribution in [2.75, 3.05) is 6.61 Å². The van der Waals surface area contributed by atoms with Gasteiger partial charge in [-0.05, 0) is 74.0 Å². The Kier molecular flexibility index (Phi) is 3.89. The van der Waals surface area contributed by atoms with Crippen molar-refractivity contribution >= 4 is 11.3 Å². The molecule has 4 aliphatic carbocycles. The lowest BCUT2D eigenvalue weighted by Gasteiger charge is -2.56. The monoisotopic (exact) mass is 371 g/mol. The van der Waals surface area contributed by atoms with Crippen molar-refractivity contribution in [1.29, 1.82) is 0 Å². The SMILES string of the molecule is O=c1[nH]c(O)c(Cc2ccc(OCC34CC5CC(CC(C5)C3)C4)cc2)s1. The van der Waals surface area contributed by atoms with Crippen LogP contribution in [0.2, 0.25) is 0 Å². The first-order valence-electron chi connectivity index (χ1n) is 9.70.